The molecule has 0 aliphatic rings. The van der Waals surface area contributed by atoms with E-state index in [-0.39, 0.29) is 0 Å². The van der Waals surface area contributed by atoms with Gasteiger partial charge in [0.2, 0.25) is 0 Å². The van der Waals surface area contributed by atoms with Crippen LogP contribution in [0.5, 0.6) is 0 Å². The van der Waals surface area contributed by atoms with Crippen LogP contribution in [-0.2, 0) is 0 Å². The molecule has 18 heavy (non-hydrogen) atoms. The van der Waals surface area contributed by atoms with E-state index < -0.39 is 0 Å². The van der Waals surface area contributed by atoms with Crippen LogP contribution in [0.3, 0.4) is 0 Å². The molecule has 0 spiro atoms. The van der Waals surface area contributed by atoms with Crippen LogP contribution in [0.2, 0.25) is 0 Å². The Balaban J connectivity index is 2.53. The second kappa shape index (κ2) is 9.12. The van der Waals surface area contributed by atoms with Crippen molar-refractivity contribution in [3.63, 3.8) is 0 Å². The lowest BCUT2D eigenvalue weighted by molar-refractivity contribution is 0.247. The van der Waals surface area contributed by atoms with Crippen molar-refractivity contribution >= 4 is 0 Å². The van der Waals surface area contributed by atoms with Crippen molar-refractivity contribution in [1.29, 1.82) is 0 Å². The highest BCUT2D eigenvalue weighted by Crippen LogP contribution is 2.19. The Hall–Kier alpha value is -0.860. The van der Waals surface area contributed by atoms with Crippen molar-refractivity contribution in [3.8, 4) is 0 Å². The standard InChI is InChI=1S/C16H27NO/c1-3-8-16(15-9-6-5-7-10-15)17-13-14(4-2)11-12-18/h5-7,9-10,14,16-18H,3-4,8,11-13H2,1-2H3. The van der Waals surface area contributed by atoms with Crippen LogP contribution in [0, 0.1) is 5.92 Å². The van der Waals surface area contributed by atoms with Crippen LogP contribution in [0.4, 0.5) is 0 Å². The summed E-state index contributed by atoms with van der Waals surface area (Å²) in [6, 6.07) is 11.1. The van der Waals surface area contributed by atoms with E-state index >= 15 is 0 Å². The average Bonchev–Trinajstić information content (AvgIpc) is 2.43. The Bertz CT molecular complexity index is 299. The lowest BCUT2D eigenvalue weighted by Crippen LogP contribution is -2.27. The smallest absolute Gasteiger partial charge is 0.0434 e. The average molecular weight is 249 g/mol. The summed E-state index contributed by atoms with van der Waals surface area (Å²) < 4.78 is 0. The summed E-state index contributed by atoms with van der Waals surface area (Å²) in [6.45, 7) is 5.71. The summed E-state index contributed by atoms with van der Waals surface area (Å²) in [5, 5.41) is 12.7. The van der Waals surface area contributed by atoms with Crippen molar-refractivity contribution in [1.82, 2.24) is 5.32 Å². The summed E-state index contributed by atoms with van der Waals surface area (Å²) in [5.41, 5.74) is 1.37. The Morgan fingerprint density at radius 3 is 2.39 bits per heavy atom. The van der Waals surface area contributed by atoms with Gasteiger partial charge in [0.05, 0.1) is 0 Å². The summed E-state index contributed by atoms with van der Waals surface area (Å²) in [4.78, 5) is 0. The Morgan fingerprint density at radius 1 is 1.11 bits per heavy atom. The molecule has 2 atom stereocenters. The van der Waals surface area contributed by atoms with Gasteiger partial charge in [0.1, 0.15) is 0 Å². The summed E-state index contributed by atoms with van der Waals surface area (Å²) >= 11 is 0. The van der Waals surface area contributed by atoms with Gasteiger partial charge >= 0.3 is 0 Å². The first kappa shape index (κ1) is 15.2. The van der Waals surface area contributed by atoms with Crippen molar-refractivity contribution in [3.05, 3.63) is 35.9 Å². The lowest BCUT2D eigenvalue weighted by atomic mass is 9.99. The SMILES string of the molecule is CCCC(NCC(CC)CCO)c1ccccc1. The molecule has 0 radical (unpaired) electrons. The van der Waals surface area contributed by atoms with E-state index in [9.17, 15) is 0 Å². The highest BCUT2D eigenvalue weighted by molar-refractivity contribution is 5.18. The molecule has 2 heteroatoms. The number of nitrogens with one attached hydrogen (secondary N) is 1. The summed E-state index contributed by atoms with van der Waals surface area (Å²) in [6.07, 6.45) is 4.38. The van der Waals surface area contributed by atoms with Gasteiger partial charge in [0, 0.05) is 12.6 Å². The fourth-order valence-electron chi connectivity index (χ4n) is 2.30. The highest BCUT2D eigenvalue weighted by Gasteiger charge is 2.12. The predicted octanol–water partition coefficient (Wildman–Crippen LogP) is 3.53. The van der Waals surface area contributed by atoms with Gasteiger partial charge in [-0.1, -0.05) is 57.0 Å². The fraction of sp³-hybridized carbons (Fsp3) is 0.625. The minimum Gasteiger partial charge on any atom is -0.396 e. The predicted molar refractivity (Wildman–Crippen MR) is 77.6 cm³/mol. The van der Waals surface area contributed by atoms with E-state index in [4.69, 9.17) is 5.11 Å². The number of hydrogen-bond donors (Lipinski definition) is 2. The molecule has 0 aliphatic carbocycles. The van der Waals surface area contributed by atoms with Crippen molar-refractivity contribution in [2.75, 3.05) is 13.2 Å². The molecular formula is C16H27NO. The van der Waals surface area contributed by atoms with Gasteiger partial charge in [0.25, 0.3) is 0 Å². The van der Waals surface area contributed by atoms with E-state index in [1.807, 2.05) is 0 Å². The zero-order valence-electron chi connectivity index (χ0n) is 11.7. The number of hydrogen-bond acceptors (Lipinski definition) is 2. The summed E-state index contributed by atoms with van der Waals surface area (Å²) in [5.74, 6) is 0.582. The molecule has 2 unspecified atom stereocenters. The van der Waals surface area contributed by atoms with Crippen molar-refractivity contribution in [2.45, 2.75) is 45.6 Å². The third-order valence-corrected chi connectivity index (χ3v) is 3.55. The number of rotatable bonds is 9. The third-order valence-electron chi connectivity index (χ3n) is 3.55. The van der Waals surface area contributed by atoms with Crippen LogP contribution in [0.25, 0.3) is 0 Å². The zero-order chi connectivity index (χ0) is 13.2. The van der Waals surface area contributed by atoms with Crippen LogP contribution in [0.1, 0.15) is 51.1 Å². The van der Waals surface area contributed by atoms with Gasteiger partial charge < -0.3 is 10.4 Å². The molecule has 0 bridgehead atoms. The normalized spacial score (nSPS) is 14.4. The third kappa shape index (κ3) is 5.19. The van der Waals surface area contributed by atoms with Crippen molar-refractivity contribution < 1.29 is 5.11 Å². The molecule has 102 valence electrons. The van der Waals surface area contributed by atoms with Crippen LogP contribution < -0.4 is 5.32 Å². The van der Waals surface area contributed by atoms with E-state index in [0.717, 1.165) is 19.4 Å². The van der Waals surface area contributed by atoms with E-state index in [0.29, 0.717) is 18.6 Å². The molecule has 0 fully saturated rings. The second-order valence-electron chi connectivity index (χ2n) is 4.95. The van der Waals surface area contributed by atoms with E-state index in [1.54, 1.807) is 0 Å². The number of benzene rings is 1. The van der Waals surface area contributed by atoms with Crippen molar-refractivity contribution in [2.24, 2.45) is 5.92 Å². The molecule has 0 aliphatic heterocycles. The van der Waals surface area contributed by atoms with Crippen LogP contribution in [-0.4, -0.2) is 18.3 Å². The lowest BCUT2D eigenvalue weighted by Gasteiger charge is -2.22. The molecular weight excluding hydrogens is 222 g/mol. The first-order chi connectivity index (χ1) is 8.81. The minimum atomic E-state index is 0.296. The maximum Gasteiger partial charge on any atom is 0.0434 e. The Labute approximate surface area is 111 Å². The Morgan fingerprint density at radius 2 is 1.83 bits per heavy atom. The summed E-state index contributed by atoms with van der Waals surface area (Å²) in [7, 11) is 0. The molecule has 0 aromatic heterocycles. The molecule has 0 heterocycles. The molecule has 1 aromatic rings. The van der Waals surface area contributed by atoms with E-state index in [1.165, 1.54) is 18.4 Å². The monoisotopic (exact) mass is 249 g/mol. The largest absolute Gasteiger partial charge is 0.396 e. The van der Waals surface area contributed by atoms with Gasteiger partial charge in [-0.2, -0.15) is 0 Å². The van der Waals surface area contributed by atoms with Gasteiger partial charge in [-0.25, -0.2) is 0 Å². The first-order valence-corrected chi connectivity index (χ1v) is 7.21. The molecule has 1 aromatic carbocycles. The topological polar surface area (TPSA) is 32.3 Å². The van der Waals surface area contributed by atoms with Gasteiger partial charge in [-0.3, -0.25) is 0 Å². The first-order valence-electron chi connectivity index (χ1n) is 7.21. The molecule has 0 saturated carbocycles. The fourth-order valence-corrected chi connectivity index (χ4v) is 2.30. The highest BCUT2D eigenvalue weighted by atomic mass is 16.3. The van der Waals surface area contributed by atoms with Crippen LogP contribution >= 0.6 is 0 Å². The van der Waals surface area contributed by atoms with Gasteiger partial charge in [0.15, 0.2) is 0 Å². The quantitative estimate of drug-likeness (QED) is 0.702. The van der Waals surface area contributed by atoms with E-state index in [2.05, 4.69) is 49.5 Å². The maximum atomic E-state index is 9.03. The molecule has 0 saturated heterocycles. The number of aliphatic hydroxyl groups excluding tert-OH is 1. The molecule has 0 amide bonds. The maximum absolute atomic E-state index is 9.03. The molecule has 1 rings (SSSR count). The van der Waals surface area contributed by atoms with Gasteiger partial charge in [-0.05, 0) is 30.9 Å². The van der Waals surface area contributed by atoms with Gasteiger partial charge in [-0.15, -0.1) is 0 Å². The van der Waals surface area contributed by atoms with Crippen LogP contribution in [0.15, 0.2) is 30.3 Å². The molecule has 2 N–H and O–H groups in total. The number of aliphatic hydroxyl groups is 1. The molecule has 2 nitrogen and oxygen atoms in total. The zero-order valence-corrected chi connectivity index (χ0v) is 11.7. The minimum absolute atomic E-state index is 0.296. The second-order valence-corrected chi connectivity index (χ2v) is 4.95. The Kier molecular flexibility index (Phi) is 7.70.